The predicted molar refractivity (Wildman–Crippen MR) is 94.9 cm³/mol. The molecule has 0 atom stereocenters. The molecular formula is C18H20N6O3. The van der Waals surface area contributed by atoms with Crippen molar-refractivity contribution < 1.29 is 19.2 Å². The van der Waals surface area contributed by atoms with Crippen LogP contribution in [0.5, 0.6) is 5.88 Å². The summed E-state index contributed by atoms with van der Waals surface area (Å²) in [4.78, 5) is 22.1. The third kappa shape index (κ3) is 3.54. The highest BCUT2D eigenvalue weighted by molar-refractivity contribution is 5.76. The second-order valence-corrected chi connectivity index (χ2v) is 6.42. The molecule has 0 spiro atoms. The summed E-state index contributed by atoms with van der Waals surface area (Å²) in [7, 11) is 0. The summed E-state index contributed by atoms with van der Waals surface area (Å²) in [5.74, 6) is -0.523. The van der Waals surface area contributed by atoms with Gasteiger partial charge in [0.2, 0.25) is 0 Å². The van der Waals surface area contributed by atoms with Crippen molar-refractivity contribution in [2.75, 3.05) is 31.2 Å². The highest BCUT2D eigenvalue weighted by Gasteiger charge is 2.24. The Hall–Kier alpha value is -3.20. The minimum atomic E-state index is -0.502. The van der Waals surface area contributed by atoms with E-state index >= 15 is 0 Å². The summed E-state index contributed by atoms with van der Waals surface area (Å²) < 4.78 is 8.71. The number of rotatable bonds is 5. The molecule has 1 aromatic carbocycles. The lowest BCUT2D eigenvalue weighted by Crippen LogP contribution is -2.41. The molecule has 3 aromatic rings. The van der Waals surface area contributed by atoms with Gasteiger partial charge in [0.1, 0.15) is 6.54 Å². The van der Waals surface area contributed by atoms with Crippen LogP contribution in [0.2, 0.25) is 0 Å². The van der Waals surface area contributed by atoms with Crippen LogP contribution in [0.1, 0.15) is 5.56 Å². The van der Waals surface area contributed by atoms with Crippen LogP contribution in [-0.4, -0.2) is 46.7 Å². The number of amides is 1. The number of hydrogen-bond acceptors (Lipinski definition) is 6. The van der Waals surface area contributed by atoms with E-state index in [9.17, 15) is 9.90 Å². The number of ether oxygens (including phenoxy) is 1. The van der Waals surface area contributed by atoms with Gasteiger partial charge in [-0.05, 0) is 5.56 Å². The number of carbonyl (C=O) groups is 1. The molecule has 2 aromatic heterocycles. The van der Waals surface area contributed by atoms with E-state index in [1.54, 1.807) is 15.5 Å². The molecule has 0 aliphatic carbocycles. The lowest BCUT2D eigenvalue weighted by molar-refractivity contribution is -0.660. The Kier molecular flexibility index (Phi) is 4.59. The first-order valence-electron chi connectivity index (χ1n) is 8.74. The summed E-state index contributed by atoms with van der Waals surface area (Å²) >= 11 is 0. The van der Waals surface area contributed by atoms with E-state index in [1.807, 2.05) is 35.2 Å². The second kappa shape index (κ2) is 7.20. The van der Waals surface area contributed by atoms with Gasteiger partial charge in [-0.1, -0.05) is 35.3 Å². The van der Waals surface area contributed by atoms with Crippen LogP contribution in [0.4, 0.5) is 5.95 Å². The Bertz CT molecular complexity index is 966. The van der Waals surface area contributed by atoms with Crippen molar-refractivity contribution in [1.82, 2.24) is 14.5 Å². The molecule has 1 aliphatic heterocycles. The SMILES string of the molecule is NC(=O)C[n+]1cn(Cc2ccccc2)c2c([O-])nc(N3CCOCC3)nc21. The maximum atomic E-state index is 12.8. The van der Waals surface area contributed by atoms with Gasteiger partial charge in [-0.2, -0.15) is 0 Å². The molecule has 0 bridgehead atoms. The van der Waals surface area contributed by atoms with Crippen molar-refractivity contribution >= 4 is 23.0 Å². The Morgan fingerprint density at radius 2 is 1.96 bits per heavy atom. The van der Waals surface area contributed by atoms with E-state index in [4.69, 9.17) is 10.5 Å². The Labute approximate surface area is 155 Å². The van der Waals surface area contributed by atoms with Crippen molar-refractivity contribution in [1.29, 1.82) is 0 Å². The number of nitrogens with zero attached hydrogens (tertiary/aromatic N) is 5. The van der Waals surface area contributed by atoms with Gasteiger partial charge in [-0.3, -0.25) is 9.36 Å². The fourth-order valence-electron chi connectivity index (χ4n) is 3.23. The van der Waals surface area contributed by atoms with Gasteiger partial charge in [0, 0.05) is 19.0 Å². The summed E-state index contributed by atoms with van der Waals surface area (Å²) in [6.07, 6.45) is 1.70. The number of imidazole rings is 1. The predicted octanol–water partition coefficient (Wildman–Crippen LogP) is -0.837. The zero-order chi connectivity index (χ0) is 18.8. The van der Waals surface area contributed by atoms with Gasteiger partial charge in [0.25, 0.3) is 5.91 Å². The van der Waals surface area contributed by atoms with Crippen molar-refractivity contribution in [3.05, 3.63) is 42.2 Å². The van der Waals surface area contributed by atoms with E-state index in [-0.39, 0.29) is 12.4 Å². The van der Waals surface area contributed by atoms with Gasteiger partial charge in [-0.25, -0.2) is 9.55 Å². The molecule has 9 nitrogen and oxygen atoms in total. The second-order valence-electron chi connectivity index (χ2n) is 6.42. The highest BCUT2D eigenvalue weighted by atomic mass is 16.5. The summed E-state index contributed by atoms with van der Waals surface area (Å²) in [6, 6.07) is 9.74. The molecule has 1 amide bonds. The topological polar surface area (TPSA) is 113 Å². The number of fused-ring (bicyclic) bond motifs is 1. The van der Waals surface area contributed by atoms with E-state index in [2.05, 4.69) is 9.97 Å². The van der Waals surface area contributed by atoms with Gasteiger partial charge in [-0.15, -0.1) is 0 Å². The first-order valence-corrected chi connectivity index (χ1v) is 8.74. The molecule has 9 heteroatoms. The normalized spacial score (nSPS) is 14.6. The number of anilines is 1. The van der Waals surface area contributed by atoms with Crippen LogP contribution in [0.3, 0.4) is 0 Å². The van der Waals surface area contributed by atoms with Crippen LogP contribution < -0.4 is 20.3 Å². The molecule has 1 saturated heterocycles. The Morgan fingerprint density at radius 3 is 2.67 bits per heavy atom. The summed E-state index contributed by atoms with van der Waals surface area (Å²) in [5.41, 5.74) is 7.17. The van der Waals surface area contributed by atoms with Gasteiger partial charge >= 0.3 is 11.6 Å². The van der Waals surface area contributed by atoms with E-state index < -0.39 is 5.91 Å². The Balaban J connectivity index is 1.80. The third-order valence-electron chi connectivity index (χ3n) is 4.48. The van der Waals surface area contributed by atoms with E-state index in [1.165, 1.54) is 0 Å². The molecule has 140 valence electrons. The van der Waals surface area contributed by atoms with Crippen molar-refractivity contribution in [2.45, 2.75) is 13.1 Å². The van der Waals surface area contributed by atoms with E-state index in [0.717, 1.165) is 5.56 Å². The maximum absolute atomic E-state index is 12.8. The molecule has 0 unspecified atom stereocenters. The average molecular weight is 368 g/mol. The molecule has 0 saturated carbocycles. The number of aromatic nitrogens is 4. The zero-order valence-electron chi connectivity index (χ0n) is 14.7. The molecule has 27 heavy (non-hydrogen) atoms. The lowest BCUT2D eigenvalue weighted by atomic mass is 10.2. The summed E-state index contributed by atoms with van der Waals surface area (Å²) in [6.45, 7) is 2.77. The number of primary amides is 1. The van der Waals surface area contributed by atoms with Crippen LogP contribution in [0, 0.1) is 0 Å². The first-order chi connectivity index (χ1) is 13.1. The van der Waals surface area contributed by atoms with Gasteiger partial charge < -0.3 is 20.5 Å². The number of hydrogen-bond donors (Lipinski definition) is 1. The highest BCUT2D eigenvalue weighted by Crippen LogP contribution is 2.22. The molecule has 1 aliphatic rings. The minimum absolute atomic E-state index is 0.0582. The van der Waals surface area contributed by atoms with E-state index in [0.29, 0.717) is 50.0 Å². The van der Waals surface area contributed by atoms with Crippen molar-refractivity contribution in [3.8, 4) is 5.88 Å². The smallest absolute Gasteiger partial charge is 0.307 e. The van der Waals surface area contributed by atoms with Crippen molar-refractivity contribution in [2.24, 2.45) is 5.73 Å². The zero-order valence-corrected chi connectivity index (χ0v) is 14.7. The number of carbonyl (C=O) groups excluding carboxylic acids is 1. The molecule has 0 radical (unpaired) electrons. The van der Waals surface area contributed by atoms with Gasteiger partial charge in [0.15, 0.2) is 11.8 Å². The quantitative estimate of drug-likeness (QED) is 0.588. The molecular weight excluding hydrogens is 348 g/mol. The largest absolute Gasteiger partial charge is 0.856 e. The van der Waals surface area contributed by atoms with Crippen LogP contribution in [0.25, 0.3) is 11.2 Å². The summed E-state index contributed by atoms with van der Waals surface area (Å²) in [5, 5.41) is 12.8. The fraction of sp³-hybridized carbons (Fsp3) is 0.333. The number of nitrogens with two attached hydrogens (primary N) is 1. The number of morpholine rings is 1. The fourth-order valence-corrected chi connectivity index (χ4v) is 3.23. The van der Waals surface area contributed by atoms with Crippen molar-refractivity contribution in [3.63, 3.8) is 0 Å². The number of benzene rings is 1. The molecule has 2 N–H and O–H groups in total. The first kappa shape index (κ1) is 17.2. The molecule has 1 fully saturated rings. The molecule has 3 heterocycles. The average Bonchev–Trinajstić information content (AvgIpc) is 3.00. The Morgan fingerprint density at radius 1 is 1.22 bits per heavy atom. The third-order valence-corrected chi connectivity index (χ3v) is 4.48. The standard InChI is InChI=1S/C18H20N6O3/c19-14(25)11-24-12-23(10-13-4-2-1-3-5-13)15-16(24)20-18(21-17(15)26)22-6-8-27-9-7-22/h1-5,12H,6-11H2,(H2-,19,20,21,25,26). The van der Waals surface area contributed by atoms with Crippen LogP contribution >= 0.6 is 0 Å². The van der Waals surface area contributed by atoms with Crippen LogP contribution in [0.15, 0.2) is 36.7 Å². The maximum Gasteiger partial charge on any atom is 0.307 e. The van der Waals surface area contributed by atoms with Gasteiger partial charge in [0.05, 0.1) is 19.8 Å². The lowest BCUT2D eigenvalue weighted by Gasteiger charge is -2.25. The minimum Gasteiger partial charge on any atom is -0.856 e. The molecule has 4 rings (SSSR count). The monoisotopic (exact) mass is 368 g/mol. The van der Waals surface area contributed by atoms with Crippen LogP contribution in [-0.2, 0) is 22.6 Å².